The molecule has 1 fully saturated rings. The van der Waals surface area contributed by atoms with Gasteiger partial charge in [0.1, 0.15) is 18.5 Å². The topological polar surface area (TPSA) is 71.5 Å². The third-order valence-corrected chi connectivity index (χ3v) is 5.47. The van der Waals surface area contributed by atoms with E-state index >= 15 is 0 Å². The van der Waals surface area contributed by atoms with Crippen LogP contribution in [0.4, 0.5) is 0 Å². The fourth-order valence-electron chi connectivity index (χ4n) is 3.85. The number of fused-ring (bicyclic) bond motifs is 1. The molecule has 0 saturated carbocycles. The zero-order valence-electron chi connectivity index (χ0n) is 17.3. The first-order chi connectivity index (χ1) is 14.6. The molecular formula is C23H28N2O5. The summed E-state index contributed by atoms with van der Waals surface area (Å²) in [6.07, 6.45) is -0.606. The van der Waals surface area contributed by atoms with Crippen LogP contribution in [0.3, 0.4) is 0 Å². The number of para-hydroxylation sites is 1. The van der Waals surface area contributed by atoms with Crippen LogP contribution >= 0.6 is 0 Å². The molecule has 0 unspecified atom stereocenters. The number of rotatable bonds is 8. The zero-order valence-corrected chi connectivity index (χ0v) is 17.3. The minimum atomic E-state index is -0.606. The van der Waals surface area contributed by atoms with Gasteiger partial charge in [-0.1, -0.05) is 18.2 Å². The van der Waals surface area contributed by atoms with Crippen LogP contribution in [-0.2, 0) is 6.54 Å². The minimum Gasteiger partial charge on any atom is -0.490 e. The molecule has 7 nitrogen and oxygen atoms in total. The van der Waals surface area contributed by atoms with Gasteiger partial charge in [0.2, 0.25) is 6.79 Å². The fourth-order valence-corrected chi connectivity index (χ4v) is 3.85. The molecule has 2 aromatic rings. The predicted molar refractivity (Wildman–Crippen MR) is 112 cm³/mol. The van der Waals surface area contributed by atoms with Crippen LogP contribution < -0.4 is 14.2 Å². The van der Waals surface area contributed by atoms with Crippen LogP contribution in [-0.4, -0.2) is 72.9 Å². The van der Waals surface area contributed by atoms with Crippen molar-refractivity contribution in [3.05, 3.63) is 53.6 Å². The third kappa shape index (κ3) is 5.11. The summed E-state index contributed by atoms with van der Waals surface area (Å²) >= 11 is 0. The van der Waals surface area contributed by atoms with Gasteiger partial charge in [-0.25, -0.2) is 0 Å². The Bertz CT molecular complexity index is 880. The van der Waals surface area contributed by atoms with Crippen molar-refractivity contribution in [2.24, 2.45) is 0 Å². The largest absolute Gasteiger partial charge is 0.490 e. The first-order valence-electron chi connectivity index (χ1n) is 10.3. The maximum atomic E-state index is 11.7. The first-order valence-corrected chi connectivity index (χ1v) is 10.3. The molecule has 160 valence electrons. The van der Waals surface area contributed by atoms with E-state index < -0.39 is 6.10 Å². The Balaban J connectivity index is 1.20. The summed E-state index contributed by atoms with van der Waals surface area (Å²) in [4.78, 5) is 16.3. The van der Waals surface area contributed by atoms with E-state index in [4.69, 9.17) is 14.2 Å². The lowest BCUT2D eigenvalue weighted by Crippen LogP contribution is -2.48. The third-order valence-electron chi connectivity index (χ3n) is 5.47. The summed E-state index contributed by atoms with van der Waals surface area (Å²) in [6.45, 7) is 7.08. The van der Waals surface area contributed by atoms with Crippen molar-refractivity contribution >= 4 is 5.78 Å². The number of carbonyl (C=O) groups excluding carboxylic acids is 1. The SMILES string of the molecule is CC(=O)c1ccccc1OC[C@@H](O)CN1CCN(Cc2ccc3c(c2)OCO3)CC1. The highest BCUT2D eigenvalue weighted by Crippen LogP contribution is 2.32. The van der Waals surface area contributed by atoms with E-state index in [0.717, 1.165) is 44.2 Å². The molecule has 0 aliphatic carbocycles. The highest BCUT2D eigenvalue weighted by Gasteiger charge is 2.21. The van der Waals surface area contributed by atoms with Crippen molar-refractivity contribution in [3.63, 3.8) is 0 Å². The molecule has 2 heterocycles. The summed E-state index contributed by atoms with van der Waals surface area (Å²) in [6, 6.07) is 13.2. The molecule has 0 radical (unpaired) electrons. The molecule has 0 spiro atoms. The highest BCUT2D eigenvalue weighted by molar-refractivity contribution is 5.96. The summed E-state index contributed by atoms with van der Waals surface area (Å²) in [7, 11) is 0. The minimum absolute atomic E-state index is 0.0429. The number of benzene rings is 2. The maximum absolute atomic E-state index is 11.7. The molecule has 4 rings (SSSR count). The molecule has 30 heavy (non-hydrogen) atoms. The van der Waals surface area contributed by atoms with E-state index in [9.17, 15) is 9.90 Å². The van der Waals surface area contributed by atoms with Crippen molar-refractivity contribution in [2.75, 3.05) is 46.1 Å². The van der Waals surface area contributed by atoms with Crippen LogP contribution in [0.25, 0.3) is 0 Å². The van der Waals surface area contributed by atoms with Gasteiger partial charge in [0, 0.05) is 39.3 Å². The normalized spacial score (nSPS) is 17.7. The van der Waals surface area contributed by atoms with Crippen molar-refractivity contribution in [1.82, 2.24) is 9.80 Å². The first kappa shape index (κ1) is 20.7. The zero-order chi connectivity index (χ0) is 20.9. The molecule has 2 aliphatic heterocycles. The maximum Gasteiger partial charge on any atom is 0.231 e. The molecule has 2 aromatic carbocycles. The second-order valence-electron chi connectivity index (χ2n) is 7.78. The van der Waals surface area contributed by atoms with E-state index in [1.807, 2.05) is 18.2 Å². The monoisotopic (exact) mass is 412 g/mol. The van der Waals surface area contributed by atoms with Gasteiger partial charge in [0.15, 0.2) is 17.3 Å². The lowest BCUT2D eigenvalue weighted by molar-refractivity contribution is 0.0443. The number of hydrogen-bond acceptors (Lipinski definition) is 7. The standard InChI is InChI=1S/C23H28N2O5/c1-17(26)20-4-2-3-5-21(20)28-15-19(27)14-25-10-8-24(9-11-25)13-18-6-7-22-23(12-18)30-16-29-22/h2-7,12,19,27H,8-11,13-16H2,1H3/t19-/m0/s1. The van der Waals surface area contributed by atoms with Gasteiger partial charge in [-0.05, 0) is 36.8 Å². The van der Waals surface area contributed by atoms with Gasteiger partial charge in [-0.3, -0.25) is 14.6 Å². The van der Waals surface area contributed by atoms with Crippen LogP contribution in [0.1, 0.15) is 22.8 Å². The Labute approximate surface area is 176 Å². The number of ketones is 1. The van der Waals surface area contributed by atoms with Gasteiger partial charge in [-0.2, -0.15) is 0 Å². The molecule has 0 amide bonds. The van der Waals surface area contributed by atoms with E-state index in [1.165, 1.54) is 12.5 Å². The van der Waals surface area contributed by atoms with E-state index in [1.54, 1.807) is 12.1 Å². The number of nitrogens with zero attached hydrogens (tertiary/aromatic N) is 2. The number of piperazine rings is 1. The Kier molecular flexibility index (Phi) is 6.52. The smallest absolute Gasteiger partial charge is 0.231 e. The molecule has 1 N–H and O–H groups in total. The Hall–Kier alpha value is -2.61. The summed E-state index contributed by atoms with van der Waals surface area (Å²) in [5, 5.41) is 10.4. The second-order valence-corrected chi connectivity index (χ2v) is 7.78. The lowest BCUT2D eigenvalue weighted by atomic mass is 10.1. The predicted octanol–water partition coefficient (Wildman–Crippen LogP) is 2.18. The average Bonchev–Trinajstić information content (AvgIpc) is 3.22. The molecule has 1 saturated heterocycles. The Morgan fingerprint density at radius 3 is 2.60 bits per heavy atom. The second kappa shape index (κ2) is 9.47. The van der Waals surface area contributed by atoms with Crippen molar-refractivity contribution < 1.29 is 24.1 Å². The molecule has 7 heteroatoms. The summed E-state index contributed by atoms with van der Waals surface area (Å²) < 4.78 is 16.5. The summed E-state index contributed by atoms with van der Waals surface area (Å²) in [5.74, 6) is 2.11. The number of Topliss-reactive ketones (excluding diaryl/α,β-unsaturated/α-hetero) is 1. The van der Waals surface area contributed by atoms with E-state index in [-0.39, 0.29) is 12.4 Å². The van der Waals surface area contributed by atoms with Crippen LogP contribution in [0, 0.1) is 0 Å². The van der Waals surface area contributed by atoms with Gasteiger partial charge >= 0.3 is 0 Å². The summed E-state index contributed by atoms with van der Waals surface area (Å²) in [5.41, 5.74) is 1.76. The number of hydrogen-bond donors (Lipinski definition) is 1. The quantitative estimate of drug-likeness (QED) is 0.667. The number of β-amino-alcohol motifs (C(OH)–C–C–N with tert-alkyl or cyclic N) is 1. The lowest BCUT2D eigenvalue weighted by Gasteiger charge is -2.35. The van der Waals surface area contributed by atoms with Crippen molar-refractivity contribution in [2.45, 2.75) is 19.6 Å². The van der Waals surface area contributed by atoms with Crippen LogP contribution in [0.2, 0.25) is 0 Å². The average molecular weight is 412 g/mol. The molecule has 1 atom stereocenters. The number of ether oxygens (including phenoxy) is 3. The molecule has 0 bridgehead atoms. The number of aliphatic hydroxyl groups is 1. The van der Waals surface area contributed by atoms with Gasteiger partial charge in [0.25, 0.3) is 0 Å². The van der Waals surface area contributed by atoms with Gasteiger partial charge < -0.3 is 19.3 Å². The van der Waals surface area contributed by atoms with Crippen LogP contribution in [0.5, 0.6) is 17.2 Å². The van der Waals surface area contributed by atoms with E-state index in [2.05, 4.69) is 21.9 Å². The van der Waals surface area contributed by atoms with Gasteiger partial charge in [-0.15, -0.1) is 0 Å². The number of carbonyl (C=O) groups is 1. The van der Waals surface area contributed by atoms with Gasteiger partial charge in [0.05, 0.1) is 5.56 Å². The van der Waals surface area contributed by atoms with E-state index in [0.29, 0.717) is 24.7 Å². The highest BCUT2D eigenvalue weighted by atomic mass is 16.7. The van der Waals surface area contributed by atoms with Crippen molar-refractivity contribution in [3.8, 4) is 17.2 Å². The van der Waals surface area contributed by atoms with Crippen molar-refractivity contribution in [1.29, 1.82) is 0 Å². The van der Waals surface area contributed by atoms with Crippen LogP contribution in [0.15, 0.2) is 42.5 Å². The Morgan fingerprint density at radius 2 is 1.80 bits per heavy atom. The molecule has 0 aromatic heterocycles. The molecular weight excluding hydrogens is 384 g/mol. The Morgan fingerprint density at radius 1 is 1.07 bits per heavy atom. The molecule has 2 aliphatic rings. The number of aliphatic hydroxyl groups excluding tert-OH is 1. The fraction of sp³-hybridized carbons (Fsp3) is 0.435.